The first-order valence-electron chi connectivity index (χ1n) is 8.97. The van der Waals surface area contributed by atoms with Gasteiger partial charge in [-0.15, -0.1) is 0 Å². The van der Waals surface area contributed by atoms with E-state index in [1.165, 1.54) is 0 Å². The lowest BCUT2D eigenvalue weighted by Gasteiger charge is -2.29. The molecule has 0 spiro atoms. The molecule has 1 N–H and O–H groups in total. The molecule has 134 valence electrons. The average Bonchev–Trinajstić information content (AvgIpc) is 2.65. The lowest BCUT2D eigenvalue weighted by Crippen LogP contribution is -2.35. The average molecular weight is 349 g/mol. The Morgan fingerprint density at radius 2 is 2.00 bits per heavy atom. The van der Waals surface area contributed by atoms with Crippen LogP contribution in [0.25, 0.3) is 10.9 Å². The van der Waals surface area contributed by atoms with Crippen molar-refractivity contribution in [3.8, 4) is 5.75 Å². The third-order valence-corrected chi connectivity index (χ3v) is 4.77. The van der Waals surface area contributed by atoms with Gasteiger partial charge >= 0.3 is 0 Å². The first kappa shape index (κ1) is 16.7. The summed E-state index contributed by atoms with van der Waals surface area (Å²) < 4.78 is 6.20. The molecule has 1 fully saturated rings. The Bertz CT molecular complexity index is 906. The number of nitrogens with zero attached hydrogens (tertiary/aromatic N) is 4. The number of hydrogen-bond acceptors (Lipinski definition) is 6. The van der Waals surface area contributed by atoms with Gasteiger partial charge < -0.3 is 15.0 Å². The monoisotopic (exact) mass is 349 g/mol. The molecule has 6 heteroatoms. The van der Waals surface area contributed by atoms with Crippen molar-refractivity contribution in [3.63, 3.8) is 0 Å². The van der Waals surface area contributed by atoms with Crippen molar-refractivity contribution in [2.45, 2.75) is 25.9 Å². The second kappa shape index (κ2) is 7.25. The summed E-state index contributed by atoms with van der Waals surface area (Å²) in [6.07, 6.45) is 7.74. The molecule has 0 unspecified atom stereocenters. The van der Waals surface area contributed by atoms with Crippen LogP contribution in [0.4, 0.5) is 11.6 Å². The Balaban J connectivity index is 1.46. The summed E-state index contributed by atoms with van der Waals surface area (Å²) in [6, 6.07) is 7.99. The topological polar surface area (TPSA) is 63.2 Å². The molecular weight excluding hydrogens is 326 g/mol. The maximum Gasteiger partial charge on any atom is 0.227 e. The van der Waals surface area contributed by atoms with Crippen LogP contribution in [0.5, 0.6) is 5.75 Å². The number of nitrogens with one attached hydrogen (secondary N) is 1. The van der Waals surface area contributed by atoms with Crippen LogP contribution in [0.2, 0.25) is 0 Å². The lowest BCUT2D eigenvalue weighted by molar-refractivity contribution is 0.113. The molecule has 26 heavy (non-hydrogen) atoms. The fraction of sp³-hybridized carbons (Fsp3) is 0.350. The van der Waals surface area contributed by atoms with E-state index in [0.29, 0.717) is 12.1 Å². The van der Waals surface area contributed by atoms with Crippen LogP contribution in [0.3, 0.4) is 0 Å². The van der Waals surface area contributed by atoms with Crippen LogP contribution < -0.4 is 10.1 Å². The minimum atomic E-state index is 0.307. The summed E-state index contributed by atoms with van der Waals surface area (Å²) in [5.74, 6) is 1.53. The van der Waals surface area contributed by atoms with Crippen LogP contribution in [-0.2, 0) is 0 Å². The number of pyridine rings is 1. The van der Waals surface area contributed by atoms with Crippen molar-refractivity contribution in [1.29, 1.82) is 0 Å². The predicted octanol–water partition coefficient (Wildman–Crippen LogP) is 3.55. The fourth-order valence-corrected chi connectivity index (χ4v) is 3.21. The summed E-state index contributed by atoms with van der Waals surface area (Å²) in [7, 11) is 2.16. The first-order valence-corrected chi connectivity index (χ1v) is 8.97. The van der Waals surface area contributed by atoms with Gasteiger partial charge in [0.15, 0.2) is 0 Å². The summed E-state index contributed by atoms with van der Waals surface area (Å²) in [4.78, 5) is 15.3. The minimum Gasteiger partial charge on any atom is -0.490 e. The zero-order valence-corrected chi connectivity index (χ0v) is 15.1. The van der Waals surface area contributed by atoms with Crippen LogP contribution in [-0.4, -0.2) is 46.1 Å². The number of ether oxygens (including phenoxy) is 1. The molecule has 3 aromatic rings. The highest BCUT2D eigenvalue weighted by Crippen LogP contribution is 2.26. The highest BCUT2D eigenvalue weighted by atomic mass is 16.5. The van der Waals surface area contributed by atoms with E-state index < -0.39 is 0 Å². The van der Waals surface area contributed by atoms with Crippen LogP contribution in [0.1, 0.15) is 18.4 Å². The Kier molecular flexibility index (Phi) is 4.67. The minimum absolute atomic E-state index is 0.307. The van der Waals surface area contributed by atoms with E-state index in [4.69, 9.17) is 4.74 Å². The third-order valence-electron chi connectivity index (χ3n) is 4.77. The highest BCUT2D eigenvalue weighted by molar-refractivity contribution is 5.77. The SMILES string of the molecule is Cc1cc(Nc2ncc3cnccc3n2)ccc1OC1CCN(C)CC1. The van der Waals surface area contributed by atoms with Crippen molar-refractivity contribution in [2.75, 3.05) is 25.5 Å². The highest BCUT2D eigenvalue weighted by Gasteiger charge is 2.18. The Morgan fingerprint density at radius 3 is 2.81 bits per heavy atom. The number of aromatic nitrogens is 3. The van der Waals surface area contributed by atoms with Crippen LogP contribution in [0.15, 0.2) is 42.9 Å². The van der Waals surface area contributed by atoms with E-state index in [1.54, 1.807) is 18.6 Å². The Labute approximate surface area is 153 Å². The quantitative estimate of drug-likeness (QED) is 0.777. The number of benzene rings is 1. The first-order chi connectivity index (χ1) is 12.7. The molecule has 0 aliphatic carbocycles. The van der Waals surface area contributed by atoms with Gasteiger partial charge in [-0.1, -0.05) is 0 Å². The molecule has 4 rings (SSSR count). The van der Waals surface area contributed by atoms with E-state index in [1.807, 2.05) is 18.2 Å². The van der Waals surface area contributed by atoms with Crippen LogP contribution >= 0.6 is 0 Å². The molecule has 0 radical (unpaired) electrons. The second-order valence-electron chi connectivity index (χ2n) is 6.85. The smallest absolute Gasteiger partial charge is 0.227 e. The zero-order chi connectivity index (χ0) is 17.9. The number of anilines is 2. The second-order valence-corrected chi connectivity index (χ2v) is 6.85. The Hall–Kier alpha value is -2.73. The van der Waals surface area contributed by atoms with Gasteiger partial charge in [0.1, 0.15) is 11.9 Å². The number of piperidine rings is 1. The van der Waals surface area contributed by atoms with Crippen molar-refractivity contribution in [2.24, 2.45) is 0 Å². The van der Waals surface area contributed by atoms with Crippen molar-refractivity contribution >= 4 is 22.5 Å². The molecule has 1 aliphatic rings. The summed E-state index contributed by atoms with van der Waals surface area (Å²) in [6.45, 7) is 4.26. The maximum absolute atomic E-state index is 6.20. The van der Waals surface area contributed by atoms with Gasteiger partial charge in [-0.05, 0) is 56.6 Å². The van der Waals surface area contributed by atoms with Gasteiger partial charge in [0.2, 0.25) is 5.95 Å². The van der Waals surface area contributed by atoms with E-state index in [2.05, 4.69) is 45.2 Å². The van der Waals surface area contributed by atoms with Gasteiger partial charge in [0.25, 0.3) is 0 Å². The van der Waals surface area contributed by atoms with Gasteiger partial charge in [0.05, 0.1) is 5.52 Å². The molecular formula is C20H23N5O. The van der Waals surface area contributed by atoms with Crippen molar-refractivity contribution < 1.29 is 4.74 Å². The van der Waals surface area contributed by atoms with E-state index in [-0.39, 0.29) is 0 Å². The number of likely N-dealkylation sites (tertiary alicyclic amines) is 1. The van der Waals surface area contributed by atoms with Gasteiger partial charge in [0, 0.05) is 42.8 Å². The largest absolute Gasteiger partial charge is 0.490 e. The normalized spacial score (nSPS) is 15.9. The third kappa shape index (κ3) is 3.75. The number of aryl methyl sites for hydroxylation is 1. The Morgan fingerprint density at radius 1 is 1.15 bits per heavy atom. The fourth-order valence-electron chi connectivity index (χ4n) is 3.21. The number of fused-ring (bicyclic) bond motifs is 1. The number of hydrogen-bond donors (Lipinski definition) is 1. The van der Waals surface area contributed by atoms with Gasteiger partial charge in [-0.25, -0.2) is 9.97 Å². The molecule has 0 atom stereocenters. The summed E-state index contributed by atoms with van der Waals surface area (Å²) in [5.41, 5.74) is 2.93. The molecule has 1 aliphatic heterocycles. The van der Waals surface area contributed by atoms with Crippen LogP contribution in [0, 0.1) is 6.92 Å². The van der Waals surface area contributed by atoms with Crippen molar-refractivity contribution in [1.82, 2.24) is 19.9 Å². The molecule has 6 nitrogen and oxygen atoms in total. The molecule has 0 saturated carbocycles. The van der Waals surface area contributed by atoms with E-state index >= 15 is 0 Å². The molecule has 0 bridgehead atoms. The van der Waals surface area contributed by atoms with Gasteiger partial charge in [-0.3, -0.25) is 4.98 Å². The number of rotatable bonds is 4. The molecule has 1 saturated heterocycles. The maximum atomic E-state index is 6.20. The summed E-state index contributed by atoms with van der Waals surface area (Å²) >= 11 is 0. The zero-order valence-electron chi connectivity index (χ0n) is 15.1. The van der Waals surface area contributed by atoms with E-state index in [0.717, 1.165) is 53.8 Å². The van der Waals surface area contributed by atoms with Gasteiger partial charge in [-0.2, -0.15) is 0 Å². The molecule has 0 amide bonds. The molecule has 2 aromatic heterocycles. The predicted molar refractivity (Wildman–Crippen MR) is 103 cm³/mol. The molecule has 1 aromatic carbocycles. The summed E-state index contributed by atoms with van der Waals surface area (Å²) in [5, 5.41) is 4.20. The van der Waals surface area contributed by atoms with E-state index in [9.17, 15) is 0 Å². The lowest BCUT2D eigenvalue weighted by atomic mass is 10.1. The standard InChI is InChI=1S/C20H23N5O/c1-14-11-16(3-4-19(14)26-17-6-9-25(2)10-7-17)23-20-22-13-15-12-21-8-5-18(15)24-20/h3-5,8,11-13,17H,6-7,9-10H2,1-2H3,(H,22,23,24). The molecule has 3 heterocycles. The van der Waals surface area contributed by atoms with Crippen molar-refractivity contribution in [3.05, 3.63) is 48.4 Å².